The van der Waals surface area contributed by atoms with Crippen LogP contribution in [0.15, 0.2) is 23.3 Å². The Labute approximate surface area is 181 Å². The molecule has 2 heterocycles. The van der Waals surface area contributed by atoms with Crippen LogP contribution < -0.4 is 16.0 Å². The number of nitrogens with one attached hydrogen (secondary N) is 3. The normalized spacial score (nSPS) is 18.4. The summed E-state index contributed by atoms with van der Waals surface area (Å²) in [6.45, 7) is 1.07. The van der Waals surface area contributed by atoms with Crippen molar-refractivity contribution in [2.75, 3.05) is 31.6 Å². The third kappa shape index (κ3) is 9.06. The van der Waals surface area contributed by atoms with E-state index in [1.807, 2.05) is 6.07 Å². The average molecular weight is 530 g/mol. The van der Waals surface area contributed by atoms with Gasteiger partial charge in [0.25, 0.3) is 0 Å². The zero-order chi connectivity index (χ0) is 19.0. The molecule has 0 spiro atoms. The molecular weight excluding hydrogens is 505 g/mol. The molecule has 1 aromatic rings. The summed E-state index contributed by atoms with van der Waals surface area (Å²) in [4.78, 5) is 20.0. The van der Waals surface area contributed by atoms with Crippen molar-refractivity contribution in [1.82, 2.24) is 20.9 Å². The number of aliphatic imine (C=N–C) groups is 1. The summed E-state index contributed by atoms with van der Waals surface area (Å²) < 4.78 is 22.8. The molecule has 152 valence electrons. The number of hydrogen-bond donors (Lipinski definition) is 3. The van der Waals surface area contributed by atoms with E-state index < -0.39 is 9.84 Å². The number of amides is 1. The highest BCUT2D eigenvalue weighted by molar-refractivity contribution is 14.0. The van der Waals surface area contributed by atoms with Gasteiger partial charge in [-0.15, -0.1) is 24.0 Å². The second kappa shape index (κ2) is 11.6. The second-order valence-electron chi connectivity index (χ2n) is 6.08. The van der Waals surface area contributed by atoms with Gasteiger partial charge in [0.2, 0.25) is 5.91 Å². The summed E-state index contributed by atoms with van der Waals surface area (Å²) in [6, 6.07) is 3.40. The van der Waals surface area contributed by atoms with Crippen molar-refractivity contribution in [3.8, 4) is 0 Å². The van der Waals surface area contributed by atoms with E-state index in [2.05, 4.69) is 25.9 Å². The lowest BCUT2D eigenvalue weighted by atomic mass is 10.2. The predicted molar refractivity (Wildman–Crippen MR) is 118 cm³/mol. The lowest BCUT2D eigenvalue weighted by molar-refractivity contribution is -0.121. The number of nitrogens with zero attached hydrogens (tertiary/aromatic N) is 2. The summed E-state index contributed by atoms with van der Waals surface area (Å²) >= 11 is 5.75. The number of guanidine groups is 1. The molecule has 27 heavy (non-hydrogen) atoms. The molecule has 8 nitrogen and oxygen atoms in total. The van der Waals surface area contributed by atoms with Gasteiger partial charge in [-0.05, 0) is 24.5 Å². The van der Waals surface area contributed by atoms with Gasteiger partial charge in [-0.25, -0.2) is 13.4 Å². The van der Waals surface area contributed by atoms with E-state index in [1.165, 1.54) is 0 Å². The third-order valence-electron chi connectivity index (χ3n) is 3.96. The number of carbonyl (C=O) groups excluding carboxylic acids is 1. The minimum absolute atomic E-state index is 0. The molecule has 1 saturated heterocycles. The van der Waals surface area contributed by atoms with Gasteiger partial charge >= 0.3 is 0 Å². The molecule has 1 aromatic heterocycles. The van der Waals surface area contributed by atoms with Gasteiger partial charge in [0.05, 0.1) is 11.5 Å². The van der Waals surface area contributed by atoms with Crippen molar-refractivity contribution in [2.45, 2.75) is 25.3 Å². The fourth-order valence-electron chi connectivity index (χ4n) is 2.60. The number of pyridine rings is 1. The van der Waals surface area contributed by atoms with Gasteiger partial charge in [-0.2, -0.15) is 0 Å². The maximum atomic E-state index is 11.9. The Bertz CT molecular complexity index is 743. The van der Waals surface area contributed by atoms with E-state index in [0.29, 0.717) is 30.6 Å². The van der Waals surface area contributed by atoms with Crippen LogP contribution in [0, 0.1) is 0 Å². The van der Waals surface area contributed by atoms with Crippen molar-refractivity contribution in [1.29, 1.82) is 0 Å². The Morgan fingerprint density at radius 3 is 2.67 bits per heavy atom. The van der Waals surface area contributed by atoms with E-state index >= 15 is 0 Å². The Kier molecular flexibility index (Phi) is 10.3. The molecule has 0 aliphatic carbocycles. The van der Waals surface area contributed by atoms with Gasteiger partial charge in [0.15, 0.2) is 15.8 Å². The van der Waals surface area contributed by atoms with E-state index in [1.54, 1.807) is 19.3 Å². The van der Waals surface area contributed by atoms with Gasteiger partial charge in [-0.1, -0.05) is 17.7 Å². The summed E-state index contributed by atoms with van der Waals surface area (Å²) in [5, 5.41) is 9.44. The number of carbonyl (C=O) groups is 1. The van der Waals surface area contributed by atoms with Gasteiger partial charge < -0.3 is 16.0 Å². The Morgan fingerprint density at radius 2 is 2.07 bits per heavy atom. The number of rotatable bonds is 7. The molecule has 1 unspecified atom stereocenters. The molecule has 11 heteroatoms. The molecule has 0 radical (unpaired) electrons. The van der Waals surface area contributed by atoms with Crippen LogP contribution in [0.3, 0.4) is 0 Å². The lowest BCUT2D eigenvalue weighted by Crippen LogP contribution is -2.41. The highest BCUT2D eigenvalue weighted by Gasteiger charge is 2.28. The molecule has 1 fully saturated rings. The average Bonchev–Trinajstić information content (AvgIpc) is 2.93. The molecular formula is C16H25ClIN5O3S. The number of aromatic nitrogens is 1. The van der Waals surface area contributed by atoms with Crippen molar-refractivity contribution in [2.24, 2.45) is 4.99 Å². The molecule has 3 N–H and O–H groups in total. The summed E-state index contributed by atoms with van der Waals surface area (Å²) in [7, 11) is -1.33. The van der Waals surface area contributed by atoms with E-state index in [-0.39, 0.29) is 53.9 Å². The second-order valence-corrected chi connectivity index (χ2v) is 8.70. The van der Waals surface area contributed by atoms with Crippen LogP contribution in [0.1, 0.15) is 18.4 Å². The molecule has 0 aromatic carbocycles. The lowest BCUT2D eigenvalue weighted by Gasteiger charge is -2.13. The first-order chi connectivity index (χ1) is 12.4. The van der Waals surface area contributed by atoms with Crippen molar-refractivity contribution in [3.63, 3.8) is 0 Å². The highest BCUT2D eigenvalue weighted by atomic mass is 127. The topological polar surface area (TPSA) is 113 Å². The molecule has 0 saturated carbocycles. The Morgan fingerprint density at radius 1 is 1.33 bits per heavy atom. The van der Waals surface area contributed by atoms with Crippen molar-refractivity contribution >= 4 is 57.3 Å². The standard InChI is InChI=1S/C16H24ClN5O3S.HI/c1-18-16(19-7-4-12-2-3-14(17)21-10-12)20-8-5-15(23)22-13-6-9-26(24,25)11-13;/h2-3,10,13H,4-9,11H2,1H3,(H,22,23)(H2,18,19,20);1H. The quantitative estimate of drug-likeness (QED) is 0.208. The largest absolute Gasteiger partial charge is 0.356 e. The van der Waals surface area contributed by atoms with Crippen LogP contribution in [0.4, 0.5) is 0 Å². The smallest absolute Gasteiger partial charge is 0.222 e. The van der Waals surface area contributed by atoms with Crippen LogP contribution >= 0.6 is 35.6 Å². The maximum Gasteiger partial charge on any atom is 0.222 e. The fraction of sp³-hybridized carbons (Fsp3) is 0.562. The molecule has 1 aliphatic rings. The highest BCUT2D eigenvalue weighted by Crippen LogP contribution is 2.11. The molecule has 1 amide bonds. The zero-order valence-corrected chi connectivity index (χ0v) is 19.0. The van der Waals surface area contributed by atoms with Crippen LogP contribution in [-0.4, -0.2) is 63.0 Å². The minimum atomic E-state index is -2.99. The molecule has 2 rings (SSSR count). The number of halogens is 2. The summed E-state index contributed by atoms with van der Waals surface area (Å²) in [5.41, 5.74) is 1.06. The Balaban J connectivity index is 0.00000364. The number of hydrogen-bond acceptors (Lipinski definition) is 5. The predicted octanol–water partition coefficient (Wildman–Crippen LogP) is 0.754. The van der Waals surface area contributed by atoms with Gasteiger partial charge in [-0.3, -0.25) is 9.79 Å². The van der Waals surface area contributed by atoms with Gasteiger partial charge in [0.1, 0.15) is 5.15 Å². The SMILES string of the molecule is CN=C(NCCC(=O)NC1CCS(=O)(=O)C1)NCCc1ccc(Cl)nc1.I. The van der Waals surface area contributed by atoms with Crippen LogP contribution in [0.5, 0.6) is 0 Å². The first-order valence-electron chi connectivity index (χ1n) is 8.43. The first kappa shape index (κ1) is 23.9. The van der Waals surface area contributed by atoms with E-state index in [9.17, 15) is 13.2 Å². The summed E-state index contributed by atoms with van der Waals surface area (Å²) in [6.07, 6.45) is 3.23. The molecule has 1 atom stereocenters. The molecule has 1 aliphatic heterocycles. The third-order valence-corrected chi connectivity index (χ3v) is 5.95. The fourth-order valence-corrected chi connectivity index (χ4v) is 4.39. The van der Waals surface area contributed by atoms with E-state index in [0.717, 1.165) is 12.0 Å². The van der Waals surface area contributed by atoms with Crippen molar-refractivity contribution < 1.29 is 13.2 Å². The van der Waals surface area contributed by atoms with Crippen LogP contribution in [0.2, 0.25) is 5.15 Å². The summed E-state index contributed by atoms with van der Waals surface area (Å²) in [5.74, 6) is 0.621. The van der Waals surface area contributed by atoms with Crippen molar-refractivity contribution in [3.05, 3.63) is 29.0 Å². The molecule has 0 bridgehead atoms. The number of sulfone groups is 1. The monoisotopic (exact) mass is 529 g/mol. The van der Waals surface area contributed by atoms with Crippen LogP contribution in [0.25, 0.3) is 0 Å². The van der Waals surface area contributed by atoms with E-state index in [4.69, 9.17) is 11.6 Å². The minimum Gasteiger partial charge on any atom is -0.356 e. The first-order valence-corrected chi connectivity index (χ1v) is 10.6. The van der Waals surface area contributed by atoms with Crippen LogP contribution in [-0.2, 0) is 21.1 Å². The van der Waals surface area contributed by atoms with Gasteiger partial charge in [0, 0.05) is 38.8 Å². The Hall–Kier alpha value is -1.14. The maximum absolute atomic E-state index is 11.9. The zero-order valence-electron chi connectivity index (χ0n) is 15.1.